The van der Waals surface area contributed by atoms with E-state index in [2.05, 4.69) is 67.5 Å². The fourth-order valence-electron chi connectivity index (χ4n) is 11.3. The third-order valence-corrected chi connectivity index (χ3v) is 13.4. The van der Waals surface area contributed by atoms with Crippen LogP contribution in [0.5, 0.6) is 0 Å². The second kappa shape index (κ2) is 7.38. The van der Waals surface area contributed by atoms with Crippen molar-refractivity contribution in [3.63, 3.8) is 0 Å². The van der Waals surface area contributed by atoms with Crippen LogP contribution < -0.4 is 0 Å². The molecule has 2 nitrogen and oxygen atoms in total. The highest BCUT2D eigenvalue weighted by molar-refractivity contribution is 5.66. The van der Waals surface area contributed by atoms with Crippen LogP contribution in [0.1, 0.15) is 120 Å². The number of allylic oxidation sites excluding steroid dienone is 2. The van der Waals surface area contributed by atoms with Crippen molar-refractivity contribution >= 4 is 5.97 Å². The molecule has 5 aliphatic rings. The highest BCUT2D eigenvalue weighted by atomic mass is 16.5. The molecule has 0 spiro atoms. The summed E-state index contributed by atoms with van der Waals surface area (Å²) in [6.45, 7) is 22.0. The Morgan fingerprint density at radius 3 is 2.12 bits per heavy atom. The largest absolute Gasteiger partial charge is 0.462 e. The molecule has 0 bridgehead atoms. The van der Waals surface area contributed by atoms with Gasteiger partial charge in [-0.2, -0.15) is 0 Å². The van der Waals surface area contributed by atoms with Crippen LogP contribution >= 0.6 is 0 Å². The first-order valence-electron chi connectivity index (χ1n) is 14.5. The number of carbonyl (C=O) groups excluding carboxylic acids is 1. The molecular formula is C32H52O2. The Morgan fingerprint density at radius 2 is 1.44 bits per heavy atom. The van der Waals surface area contributed by atoms with Crippen LogP contribution in [0.25, 0.3) is 0 Å². The number of hydrogen-bond acceptors (Lipinski definition) is 2. The molecule has 0 amide bonds. The van der Waals surface area contributed by atoms with Gasteiger partial charge in [-0.3, -0.25) is 4.79 Å². The lowest BCUT2D eigenvalue weighted by molar-refractivity contribution is -0.248. The number of fused-ring (bicyclic) bond motifs is 7. The zero-order valence-corrected chi connectivity index (χ0v) is 23.7. The van der Waals surface area contributed by atoms with E-state index in [0.717, 1.165) is 24.2 Å². The van der Waals surface area contributed by atoms with E-state index >= 15 is 0 Å². The minimum absolute atomic E-state index is 0.0566. The van der Waals surface area contributed by atoms with Gasteiger partial charge in [0.15, 0.2) is 0 Å². The lowest BCUT2D eigenvalue weighted by atomic mass is 9.32. The molecule has 0 aromatic carbocycles. The monoisotopic (exact) mass is 468 g/mol. The number of rotatable bonds is 1. The topological polar surface area (TPSA) is 26.3 Å². The van der Waals surface area contributed by atoms with E-state index in [1.807, 2.05) is 0 Å². The summed E-state index contributed by atoms with van der Waals surface area (Å²) in [6.07, 6.45) is 17.1. The molecule has 9 atom stereocenters. The maximum absolute atomic E-state index is 11.9. The molecule has 5 rings (SSSR count). The fourth-order valence-corrected chi connectivity index (χ4v) is 11.3. The van der Waals surface area contributed by atoms with Gasteiger partial charge in [0.25, 0.3) is 0 Å². The smallest absolute Gasteiger partial charge is 0.302 e. The first kappa shape index (κ1) is 24.9. The van der Waals surface area contributed by atoms with E-state index < -0.39 is 0 Å². The molecule has 0 radical (unpaired) electrons. The van der Waals surface area contributed by atoms with Gasteiger partial charge >= 0.3 is 5.97 Å². The number of esters is 1. The molecule has 4 saturated carbocycles. The molecule has 0 aromatic rings. The molecule has 0 N–H and O–H groups in total. The second-order valence-electron chi connectivity index (χ2n) is 15.8. The molecule has 0 heterocycles. The summed E-state index contributed by atoms with van der Waals surface area (Å²) in [5, 5.41) is 0. The minimum Gasteiger partial charge on any atom is -0.462 e. The van der Waals surface area contributed by atoms with E-state index in [9.17, 15) is 4.79 Å². The quantitative estimate of drug-likeness (QED) is 0.284. The first-order chi connectivity index (χ1) is 15.6. The Balaban J connectivity index is 1.49. The Kier molecular flexibility index (Phi) is 5.40. The average Bonchev–Trinajstić information content (AvgIpc) is 2.72. The van der Waals surface area contributed by atoms with Gasteiger partial charge in [-0.05, 0) is 109 Å². The van der Waals surface area contributed by atoms with Crippen molar-refractivity contribution in [3.8, 4) is 0 Å². The Labute approximate surface area is 210 Å². The lowest BCUT2D eigenvalue weighted by Gasteiger charge is -2.73. The molecule has 4 unspecified atom stereocenters. The zero-order valence-electron chi connectivity index (χ0n) is 23.7. The number of hydrogen-bond donors (Lipinski definition) is 0. The van der Waals surface area contributed by atoms with Gasteiger partial charge in [0.2, 0.25) is 0 Å². The zero-order chi connectivity index (χ0) is 24.9. The summed E-state index contributed by atoms with van der Waals surface area (Å²) in [6, 6.07) is 0. The van der Waals surface area contributed by atoms with Gasteiger partial charge in [0.1, 0.15) is 6.10 Å². The maximum Gasteiger partial charge on any atom is 0.302 e. The van der Waals surface area contributed by atoms with E-state index in [1.165, 1.54) is 51.4 Å². The number of carbonyl (C=O) groups is 1. The van der Waals surface area contributed by atoms with Crippen LogP contribution in [0.2, 0.25) is 0 Å². The highest BCUT2D eigenvalue weighted by Gasteiger charge is 2.69. The van der Waals surface area contributed by atoms with E-state index in [1.54, 1.807) is 6.92 Å². The molecule has 0 aliphatic heterocycles. The van der Waals surface area contributed by atoms with Crippen molar-refractivity contribution in [3.05, 3.63) is 12.2 Å². The van der Waals surface area contributed by atoms with Crippen molar-refractivity contribution in [2.45, 2.75) is 126 Å². The van der Waals surface area contributed by atoms with Crippen LogP contribution in [0.4, 0.5) is 0 Å². The van der Waals surface area contributed by atoms with Gasteiger partial charge in [-0.1, -0.05) is 67.5 Å². The van der Waals surface area contributed by atoms with Crippen molar-refractivity contribution < 1.29 is 9.53 Å². The van der Waals surface area contributed by atoms with Gasteiger partial charge < -0.3 is 4.74 Å². The fraction of sp³-hybridized carbons (Fsp3) is 0.906. The highest BCUT2D eigenvalue weighted by Crippen LogP contribution is 2.76. The van der Waals surface area contributed by atoms with Crippen molar-refractivity contribution in [1.29, 1.82) is 0 Å². The Hall–Kier alpha value is -0.790. The summed E-state index contributed by atoms with van der Waals surface area (Å²) in [4.78, 5) is 11.9. The number of ether oxygens (including phenoxy) is 1. The molecule has 4 fully saturated rings. The minimum atomic E-state index is -0.106. The maximum atomic E-state index is 11.9. The van der Waals surface area contributed by atoms with Crippen LogP contribution in [0.3, 0.4) is 0 Å². The van der Waals surface area contributed by atoms with Crippen LogP contribution in [0, 0.1) is 56.2 Å². The third-order valence-electron chi connectivity index (χ3n) is 13.4. The van der Waals surface area contributed by atoms with Gasteiger partial charge in [0.05, 0.1) is 0 Å². The summed E-state index contributed by atoms with van der Waals surface area (Å²) in [5.41, 5.74) is 2.00. The van der Waals surface area contributed by atoms with Crippen LogP contribution in [-0.4, -0.2) is 12.1 Å². The predicted molar refractivity (Wildman–Crippen MR) is 140 cm³/mol. The summed E-state index contributed by atoms with van der Waals surface area (Å²) >= 11 is 0. The SMILES string of the molecule is CC(=O)O[C@H]1CC[C@@]2(C)C(CC[C@]3(C)C2CCC2C4CC(C)(C)C=C[C@]4(C)CC[C@]23C)C1(C)C. The van der Waals surface area contributed by atoms with Crippen LogP contribution in [-0.2, 0) is 9.53 Å². The predicted octanol–water partition coefficient (Wildman–Crippen LogP) is 8.60. The van der Waals surface area contributed by atoms with E-state index in [4.69, 9.17) is 4.74 Å². The average molecular weight is 469 g/mol. The standard InChI is InChI=1S/C32H52O2/c1-21(33)34-26-13-14-30(7)24(28(26,4)5)12-15-32(9)25(30)11-10-22-23-20-27(2,3)16-17-29(23,6)18-19-31(22,32)8/h16-17,22-26H,10-15,18-20H2,1-9H3/t22?,23?,24?,25?,26-,29+,30-,31+,32+/m0/s1. The summed E-state index contributed by atoms with van der Waals surface area (Å²) in [5.74, 6) is 2.99. The van der Waals surface area contributed by atoms with Crippen molar-refractivity contribution in [2.24, 2.45) is 56.2 Å². The van der Waals surface area contributed by atoms with Crippen molar-refractivity contribution in [1.82, 2.24) is 0 Å². The molecule has 0 aromatic heterocycles. The molecule has 2 heteroatoms. The summed E-state index contributed by atoms with van der Waals surface area (Å²) in [7, 11) is 0. The van der Waals surface area contributed by atoms with Crippen LogP contribution in [0.15, 0.2) is 12.2 Å². The Bertz CT molecular complexity index is 883. The normalized spacial score (nSPS) is 53.0. The van der Waals surface area contributed by atoms with E-state index in [-0.39, 0.29) is 17.5 Å². The Morgan fingerprint density at radius 1 is 0.735 bits per heavy atom. The molecule has 0 saturated heterocycles. The first-order valence-corrected chi connectivity index (χ1v) is 14.5. The lowest BCUT2D eigenvalue weighted by Crippen LogP contribution is -2.66. The van der Waals surface area contributed by atoms with Crippen molar-refractivity contribution in [2.75, 3.05) is 0 Å². The molecule has 192 valence electrons. The molecule has 34 heavy (non-hydrogen) atoms. The third kappa shape index (κ3) is 3.21. The van der Waals surface area contributed by atoms with Gasteiger partial charge in [-0.25, -0.2) is 0 Å². The second-order valence-corrected chi connectivity index (χ2v) is 15.8. The summed E-state index contributed by atoms with van der Waals surface area (Å²) < 4.78 is 5.91. The molecular weight excluding hydrogens is 416 g/mol. The van der Waals surface area contributed by atoms with E-state index in [0.29, 0.717) is 33.0 Å². The van der Waals surface area contributed by atoms with Gasteiger partial charge in [-0.15, -0.1) is 0 Å². The van der Waals surface area contributed by atoms with Gasteiger partial charge in [0, 0.05) is 12.3 Å². The molecule has 5 aliphatic carbocycles.